The number of primary sulfonamides is 1. The molecule has 0 aromatic heterocycles. The largest absolute Gasteiger partial charge is 0.395 e. The van der Waals surface area contributed by atoms with Crippen molar-refractivity contribution >= 4 is 10.0 Å². The van der Waals surface area contributed by atoms with E-state index in [-0.39, 0.29) is 16.0 Å². The Morgan fingerprint density at radius 3 is 2.53 bits per heavy atom. The maximum atomic E-state index is 13.2. The van der Waals surface area contributed by atoms with E-state index in [0.29, 0.717) is 11.6 Å². The minimum absolute atomic E-state index is 0.00597. The van der Waals surface area contributed by atoms with Crippen LogP contribution in [0.2, 0.25) is 0 Å². The van der Waals surface area contributed by atoms with Crippen molar-refractivity contribution in [3.05, 3.63) is 53.1 Å². The van der Waals surface area contributed by atoms with Crippen LogP contribution >= 0.6 is 0 Å². The van der Waals surface area contributed by atoms with E-state index >= 15 is 0 Å². The lowest BCUT2D eigenvalue weighted by molar-refractivity contribution is -0.146. The Balaban J connectivity index is 2.02. The second kappa shape index (κ2) is 8.69. The molecule has 0 radical (unpaired) electrons. The summed E-state index contributed by atoms with van der Waals surface area (Å²) in [5.74, 6) is -1.71. The number of hydrogen-bond acceptors (Lipinski definition) is 3. The van der Waals surface area contributed by atoms with Gasteiger partial charge in [-0.1, -0.05) is 31.2 Å². The zero-order valence-electron chi connectivity index (χ0n) is 17.1. The predicted molar refractivity (Wildman–Crippen MR) is 112 cm³/mol. The third kappa shape index (κ3) is 5.04. The zero-order chi connectivity index (χ0) is 22.1. The van der Waals surface area contributed by atoms with E-state index in [2.05, 4.69) is 12.2 Å². The summed E-state index contributed by atoms with van der Waals surface area (Å²) in [6.07, 6.45) is -0.692. The lowest BCUT2D eigenvalue weighted by Gasteiger charge is -2.26. The van der Waals surface area contributed by atoms with Crippen LogP contribution in [0.1, 0.15) is 49.3 Å². The highest BCUT2D eigenvalue weighted by atomic mass is 32.2. The number of rotatable bonds is 6. The van der Waals surface area contributed by atoms with Crippen molar-refractivity contribution in [2.45, 2.75) is 62.6 Å². The minimum Gasteiger partial charge on any atom is -0.314 e. The SMILES string of the molecule is CCCN[C@H]1CCc2cc(-c3cc(C(C)C(F)(F)F)ccc3S(N)(=O)=O)ccc2C1. The summed E-state index contributed by atoms with van der Waals surface area (Å²) in [4.78, 5) is -0.168. The fourth-order valence-electron chi connectivity index (χ4n) is 3.92. The molecule has 0 saturated carbocycles. The van der Waals surface area contributed by atoms with Gasteiger partial charge < -0.3 is 5.32 Å². The molecule has 2 aromatic rings. The summed E-state index contributed by atoms with van der Waals surface area (Å²) in [6.45, 7) is 4.14. The molecule has 2 atom stereocenters. The summed E-state index contributed by atoms with van der Waals surface area (Å²) in [5.41, 5.74) is 3.05. The normalized spacial score (nSPS) is 18.1. The van der Waals surface area contributed by atoms with Gasteiger partial charge in [0.05, 0.1) is 10.8 Å². The molecule has 3 N–H and O–H groups in total. The van der Waals surface area contributed by atoms with E-state index in [1.54, 1.807) is 6.07 Å². The van der Waals surface area contributed by atoms with E-state index in [0.717, 1.165) is 44.7 Å². The molecule has 0 fully saturated rings. The first-order valence-electron chi connectivity index (χ1n) is 10.1. The fourth-order valence-corrected chi connectivity index (χ4v) is 4.67. The van der Waals surface area contributed by atoms with Crippen LogP contribution in [0.5, 0.6) is 0 Å². The minimum atomic E-state index is -4.42. The van der Waals surface area contributed by atoms with Crippen molar-refractivity contribution in [1.82, 2.24) is 5.32 Å². The van der Waals surface area contributed by atoms with E-state index in [1.807, 2.05) is 12.1 Å². The molecule has 0 spiro atoms. The molecule has 0 heterocycles. The van der Waals surface area contributed by atoms with Crippen molar-refractivity contribution in [3.63, 3.8) is 0 Å². The van der Waals surface area contributed by atoms with Gasteiger partial charge in [0.2, 0.25) is 10.0 Å². The zero-order valence-corrected chi connectivity index (χ0v) is 17.9. The summed E-state index contributed by atoms with van der Waals surface area (Å²) >= 11 is 0. The number of nitrogens with one attached hydrogen (secondary N) is 1. The van der Waals surface area contributed by atoms with Crippen LogP contribution in [-0.2, 0) is 22.9 Å². The first-order valence-corrected chi connectivity index (χ1v) is 11.6. The second-order valence-corrected chi connectivity index (χ2v) is 9.47. The van der Waals surface area contributed by atoms with Crippen LogP contribution in [0.3, 0.4) is 0 Å². The molecule has 1 unspecified atom stereocenters. The molecule has 0 amide bonds. The molecule has 164 valence electrons. The van der Waals surface area contributed by atoms with Crippen molar-refractivity contribution in [3.8, 4) is 11.1 Å². The van der Waals surface area contributed by atoms with E-state index in [9.17, 15) is 21.6 Å². The third-order valence-electron chi connectivity index (χ3n) is 5.73. The molecule has 3 rings (SSSR count). The van der Waals surface area contributed by atoms with Gasteiger partial charge >= 0.3 is 6.18 Å². The summed E-state index contributed by atoms with van der Waals surface area (Å²) < 4.78 is 63.8. The molecule has 4 nitrogen and oxygen atoms in total. The first-order chi connectivity index (χ1) is 14.0. The van der Waals surface area contributed by atoms with E-state index in [1.165, 1.54) is 23.8 Å². The number of nitrogens with two attached hydrogens (primary N) is 1. The van der Waals surface area contributed by atoms with Gasteiger partial charge in [0, 0.05) is 11.6 Å². The summed E-state index contributed by atoms with van der Waals surface area (Å²) in [6, 6.07) is 9.66. The van der Waals surface area contributed by atoms with Gasteiger partial charge in [-0.3, -0.25) is 0 Å². The Hall–Kier alpha value is -1.90. The Bertz CT molecular complexity index is 1020. The standard InChI is InChI=1S/C22H27F3N2O2S/c1-3-10-27-19-8-6-16-11-18(5-4-17(16)12-19)20-13-15(14(2)22(23,24)25)7-9-21(20)30(26,28)29/h4-5,7,9,11,13-14,19,27H,3,6,8,10,12H2,1-2H3,(H2,26,28,29)/t14?,19-/m0/s1. The van der Waals surface area contributed by atoms with Crippen LogP contribution < -0.4 is 10.5 Å². The number of halogens is 3. The Kier molecular flexibility index (Phi) is 6.60. The maximum absolute atomic E-state index is 13.2. The molecule has 2 aromatic carbocycles. The lowest BCUT2D eigenvalue weighted by atomic mass is 9.86. The second-order valence-electron chi connectivity index (χ2n) is 7.94. The average molecular weight is 441 g/mol. The van der Waals surface area contributed by atoms with Crippen LogP contribution in [0.4, 0.5) is 13.2 Å². The Labute approximate surface area is 175 Å². The van der Waals surface area contributed by atoms with E-state index in [4.69, 9.17) is 5.14 Å². The number of benzene rings is 2. The maximum Gasteiger partial charge on any atom is 0.395 e. The van der Waals surface area contributed by atoms with Crippen molar-refractivity contribution in [2.75, 3.05) is 6.54 Å². The number of sulfonamides is 1. The summed E-state index contributed by atoms with van der Waals surface area (Å²) in [7, 11) is -4.09. The number of hydrogen-bond donors (Lipinski definition) is 2. The Morgan fingerprint density at radius 2 is 1.90 bits per heavy atom. The first kappa shape index (κ1) is 22.8. The molecule has 0 aliphatic heterocycles. The quantitative estimate of drug-likeness (QED) is 0.694. The number of alkyl halides is 3. The molecule has 1 aliphatic rings. The lowest BCUT2D eigenvalue weighted by Crippen LogP contribution is -2.34. The highest BCUT2D eigenvalue weighted by Gasteiger charge is 2.37. The van der Waals surface area contributed by atoms with Gasteiger partial charge in [0.1, 0.15) is 0 Å². The van der Waals surface area contributed by atoms with Crippen molar-refractivity contribution < 1.29 is 21.6 Å². The third-order valence-corrected chi connectivity index (χ3v) is 6.70. The van der Waals surface area contributed by atoms with Crippen molar-refractivity contribution in [1.29, 1.82) is 0 Å². The molecule has 30 heavy (non-hydrogen) atoms. The van der Waals surface area contributed by atoms with Gasteiger partial charge in [-0.25, -0.2) is 13.6 Å². The number of fused-ring (bicyclic) bond motifs is 1. The van der Waals surface area contributed by atoms with Crippen LogP contribution in [0.15, 0.2) is 41.3 Å². The van der Waals surface area contributed by atoms with Gasteiger partial charge in [-0.05, 0) is 73.5 Å². The predicted octanol–water partition coefficient (Wildman–Crippen LogP) is 4.52. The van der Waals surface area contributed by atoms with Gasteiger partial charge in [-0.15, -0.1) is 0 Å². The summed E-state index contributed by atoms with van der Waals surface area (Å²) in [5, 5.41) is 8.87. The van der Waals surface area contributed by atoms with Gasteiger partial charge in [-0.2, -0.15) is 13.2 Å². The smallest absolute Gasteiger partial charge is 0.314 e. The number of aryl methyl sites for hydroxylation is 1. The molecular weight excluding hydrogens is 413 g/mol. The Morgan fingerprint density at radius 1 is 1.17 bits per heavy atom. The molecule has 0 bridgehead atoms. The van der Waals surface area contributed by atoms with Crippen LogP contribution in [0.25, 0.3) is 11.1 Å². The van der Waals surface area contributed by atoms with Crippen LogP contribution in [0, 0.1) is 0 Å². The molecular formula is C22H27F3N2O2S. The molecule has 0 saturated heterocycles. The fraction of sp³-hybridized carbons (Fsp3) is 0.455. The highest BCUT2D eigenvalue weighted by Crippen LogP contribution is 2.38. The average Bonchev–Trinajstić information content (AvgIpc) is 2.69. The molecule has 8 heteroatoms. The van der Waals surface area contributed by atoms with Crippen molar-refractivity contribution in [2.24, 2.45) is 5.14 Å². The van der Waals surface area contributed by atoms with Gasteiger partial charge in [0.15, 0.2) is 0 Å². The van der Waals surface area contributed by atoms with Gasteiger partial charge in [0.25, 0.3) is 0 Å². The van der Waals surface area contributed by atoms with E-state index < -0.39 is 22.1 Å². The monoisotopic (exact) mass is 440 g/mol. The van der Waals surface area contributed by atoms with Crippen LogP contribution in [-0.4, -0.2) is 27.2 Å². The highest BCUT2D eigenvalue weighted by molar-refractivity contribution is 7.89. The topological polar surface area (TPSA) is 72.2 Å². The molecule has 1 aliphatic carbocycles.